The van der Waals surface area contributed by atoms with E-state index in [4.69, 9.17) is 4.74 Å². The Labute approximate surface area is 114 Å². The highest BCUT2D eigenvalue weighted by Gasteiger charge is 2.18. The Balaban J connectivity index is 2.45. The van der Waals surface area contributed by atoms with Crippen molar-refractivity contribution in [1.29, 1.82) is 0 Å². The van der Waals surface area contributed by atoms with Crippen molar-refractivity contribution >= 4 is 0 Å². The van der Waals surface area contributed by atoms with Crippen LogP contribution in [0, 0.1) is 6.92 Å². The molecule has 1 heterocycles. The molecule has 0 spiro atoms. The minimum Gasteiger partial charge on any atom is -0.496 e. The molecule has 100 valence electrons. The molecule has 1 aromatic carbocycles. The zero-order chi connectivity index (χ0) is 13.7. The van der Waals surface area contributed by atoms with Gasteiger partial charge in [0.1, 0.15) is 5.75 Å². The lowest BCUT2D eigenvalue weighted by Crippen LogP contribution is -2.23. The second-order valence-electron chi connectivity index (χ2n) is 4.49. The van der Waals surface area contributed by atoms with Crippen molar-refractivity contribution in [2.24, 2.45) is 0 Å². The van der Waals surface area contributed by atoms with Crippen molar-refractivity contribution in [3.63, 3.8) is 0 Å². The predicted molar refractivity (Wildman–Crippen MR) is 77.5 cm³/mol. The SMILES string of the molecule is CCNC(c1cc(C)ccn1)c1ccccc1OC. The Hall–Kier alpha value is -1.87. The number of hydrogen-bond donors (Lipinski definition) is 1. The Kier molecular flexibility index (Phi) is 4.53. The summed E-state index contributed by atoms with van der Waals surface area (Å²) >= 11 is 0. The summed E-state index contributed by atoms with van der Waals surface area (Å²) in [6.07, 6.45) is 1.85. The van der Waals surface area contributed by atoms with Crippen LogP contribution in [0.3, 0.4) is 0 Å². The zero-order valence-corrected chi connectivity index (χ0v) is 11.7. The molecule has 0 aliphatic heterocycles. The van der Waals surface area contributed by atoms with Gasteiger partial charge in [-0.2, -0.15) is 0 Å². The molecular weight excluding hydrogens is 236 g/mol. The molecule has 0 radical (unpaired) electrons. The maximum absolute atomic E-state index is 5.46. The molecular formula is C16H20N2O. The maximum Gasteiger partial charge on any atom is 0.124 e. The van der Waals surface area contributed by atoms with Gasteiger partial charge in [0.15, 0.2) is 0 Å². The number of benzene rings is 1. The highest BCUT2D eigenvalue weighted by molar-refractivity contribution is 5.40. The fraction of sp³-hybridized carbons (Fsp3) is 0.312. The molecule has 2 aromatic rings. The Morgan fingerprint density at radius 3 is 2.74 bits per heavy atom. The lowest BCUT2D eigenvalue weighted by molar-refractivity contribution is 0.404. The van der Waals surface area contributed by atoms with Crippen LogP contribution in [0.2, 0.25) is 0 Å². The van der Waals surface area contributed by atoms with E-state index in [1.807, 2.05) is 30.5 Å². The van der Waals surface area contributed by atoms with Gasteiger partial charge in [-0.15, -0.1) is 0 Å². The van der Waals surface area contributed by atoms with Crippen LogP contribution in [0.5, 0.6) is 5.75 Å². The number of hydrogen-bond acceptors (Lipinski definition) is 3. The maximum atomic E-state index is 5.46. The normalized spacial score (nSPS) is 12.2. The fourth-order valence-electron chi connectivity index (χ4n) is 2.20. The van der Waals surface area contributed by atoms with Gasteiger partial charge in [0.05, 0.1) is 18.8 Å². The molecule has 1 N–H and O–H groups in total. The van der Waals surface area contributed by atoms with Crippen LogP contribution in [0.1, 0.15) is 29.8 Å². The van der Waals surface area contributed by atoms with Crippen LogP contribution in [0.4, 0.5) is 0 Å². The quantitative estimate of drug-likeness (QED) is 0.892. The van der Waals surface area contributed by atoms with Crippen molar-refractivity contribution < 1.29 is 4.74 Å². The number of aryl methyl sites for hydroxylation is 1. The zero-order valence-electron chi connectivity index (χ0n) is 11.7. The first-order chi connectivity index (χ1) is 9.26. The smallest absolute Gasteiger partial charge is 0.124 e. The Morgan fingerprint density at radius 1 is 1.26 bits per heavy atom. The first-order valence-electron chi connectivity index (χ1n) is 6.55. The molecule has 3 heteroatoms. The summed E-state index contributed by atoms with van der Waals surface area (Å²) in [5, 5.41) is 3.47. The minimum absolute atomic E-state index is 0.0565. The molecule has 0 aliphatic rings. The molecule has 0 saturated carbocycles. The Morgan fingerprint density at radius 2 is 2.05 bits per heavy atom. The third-order valence-electron chi connectivity index (χ3n) is 3.09. The molecule has 3 nitrogen and oxygen atoms in total. The second kappa shape index (κ2) is 6.34. The lowest BCUT2D eigenvalue weighted by atomic mass is 10.0. The molecule has 0 amide bonds. The summed E-state index contributed by atoms with van der Waals surface area (Å²) in [6.45, 7) is 5.05. The van der Waals surface area contributed by atoms with Gasteiger partial charge in [0.25, 0.3) is 0 Å². The number of methoxy groups -OCH3 is 1. The van der Waals surface area contributed by atoms with E-state index in [9.17, 15) is 0 Å². The topological polar surface area (TPSA) is 34.2 Å². The molecule has 1 aromatic heterocycles. The highest BCUT2D eigenvalue weighted by atomic mass is 16.5. The summed E-state index contributed by atoms with van der Waals surface area (Å²) in [4.78, 5) is 4.49. The van der Waals surface area contributed by atoms with E-state index in [1.54, 1.807) is 7.11 Å². The number of para-hydroxylation sites is 1. The van der Waals surface area contributed by atoms with E-state index in [0.717, 1.165) is 23.6 Å². The van der Waals surface area contributed by atoms with E-state index in [2.05, 4.69) is 36.3 Å². The minimum atomic E-state index is 0.0565. The van der Waals surface area contributed by atoms with Gasteiger partial charge >= 0.3 is 0 Å². The molecule has 19 heavy (non-hydrogen) atoms. The van der Waals surface area contributed by atoms with Gasteiger partial charge in [0.2, 0.25) is 0 Å². The van der Waals surface area contributed by atoms with Crippen LogP contribution in [0.15, 0.2) is 42.6 Å². The van der Waals surface area contributed by atoms with Crippen LogP contribution in [0.25, 0.3) is 0 Å². The number of ether oxygens (including phenoxy) is 1. The summed E-state index contributed by atoms with van der Waals surface area (Å²) in [6, 6.07) is 12.2. The highest BCUT2D eigenvalue weighted by Crippen LogP contribution is 2.29. The third kappa shape index (κ3) is 3.12. The van der Waals surface area contributed by atoms with Crippen LogP contribution in [-0.2, 0) is 0 Å². The van der Waals surface area contributed by atoms with Crippen LogP contribution >= 0.6 is 0 Å². The first kappa shape index (κ1) is 13.6. The standard InChI is InChI=1S/C16H20N2O/c1-4-17-16(14-11-12(2)9-10-18-14)13-7-5-6-8-15(13)19-3/h5-11,16-17H,4H2,1-3H3. The summed E-state index contributed by atoms with van der Waals surface area (Å²) < 4.78 is 5.46. The summed E-state index contributed by atoms with van der Waals surface area (Å²) in [5.41, 5.74) is 3.35. The van der Waals surface area contributed by atoms with Crippen molar-refractivity contribution in [3.8, 4) is 5.75 Å². The fourth-order valence-corrected chi connectivity index (χ4v) is 2.20. The monoisotopic (exact) mass is 256 g/mol. The van der Waals surface area contributed by atoms with Gasteiger partial charge in [-0.25, -0.2) is 0 Å². The van der Waals surface area contributed by atoms with Gasteiger partial charge in [0, 0.05) is 11.8 Å². The molecule has 0 bridgehead atoms. The van der Waals surface area contributed by atoms with Crippen LogP contribution < -0.4 is 10.1 Å². The number of nitrogens with one attached hydrogen (secondary N) is 1. The Bertz CT molecular complexity index is 540. The van der Waals surface area contributed by atoms with Crippen molar-refractivity contribution in [3.05, 3.63) is 59.4 Å². The van der Waals surface area contributed by atoms with E-state index < -0.39 is 0 Å². The van der Waals surface area contributed by atoms with Crippen molar-refractivity contribution in [1.82, 2.24) is 10.3 Å². The summed E-state index contributed by atoms with van der Waals surface area (Å²) in [5.74, 6) is 0.886. The van der Waals surface area contributed by atoms with E-state index >= 15 is 0 Å². The number of rotatable bonds is 5. The molecule has 1 unspecified atom stereocenters. The largest absolute Gasteiger partial charge is 0.496 e. The number of nitrogens with zero attached hydrogens (tertiary/aromatic N) is 1. The van der Waals surface area contributed by atoms with Gasteiger partial charge < -0.3 is 10.1 Å². The molecule has 2 rings (SSSR count). The van der Waals surface area contributed by atoms with E-state index in [-0.39, 0.29) is 6.04 Å². The van der Waals surface area contributed by atoms with Gasteiger partial charge in [-0.3, -0.25) is 4.98 Å². The summed E-state index contributed by atoms with van der Waals surface area (Å²) in [7, 11) is 1.70. The average Bonchev–Trinajstić information content (AvgIpc) is 2.45. The van der Waals surface area contributed by atoms with Crippen molar-refractivity contribution in [2.75, 3.05) is 13.7 Å². The second-order valence-corrected chi connectivity index (χ2v) is 4.49. The van der Waals surface area contributed by atoms with Gasteiger partial charge in [-0.1, -0.05) is 25.1 Å². The molecule has 0 saturated heterocycles. The predicted octanol–water partition coefficient (Wildman–Crippen LogP) is 3.10. The van der Waals surface area contributed by atoms with Gasteiger partial charge in [-0.05, 0) is 37.2 Å². The molecule has 1 atom stereocenters. The van der Waals surface area contributed by atoms with E-state index in [1.165, 1.54) is 5.56 Å². The number of aromatic nitrogens is 1. The van der Waals surface area contributed by atoms with E-state index in [0.29, 0.717) is 0 Å². The molecule has 0 aliphatic carbocycles. The van der Waals surface area contributed by atoms with Crippen molar-refractivity contribution in [2.45, 2.75) is 19.9 Å². The van der Waals surface area contributed by atoms with Crippen LogP contribution in [-0.4, -0.2) is 18.6 Å². The lowest BCUT2D eigenvalue weighted by Gasteiger charge is -2.20. The first-order valence-corrected chi connectivity index (χ1v) is 6.55. The molecule has 0 fully saturated rings. The number of pyridine rings is 1. The average molecular weight is 256 g/mol. The third-order valence-corrected chi connectivity index (χ3v) is 3.09.